The van der Waals surface area contributed by atoms with E-state index in [2.05, 4.69) is 19.9 Å². The minimum atomic E-state index is -0.369. The molecule has 25 heavy (non-hydrogen) atoms. The van der Waals surface area contributed by atoms with Gasteiger partial charge in [-0.15, -0.1) is 0 Å². The summed E-state index contributed by atoms with van der Waals surface area (Å²) in [6.07, 6.45) is 0. The molecule has 2 aromatic carbocycles. The summed E-state index contributed by atoms with van der Waals surface area (Å²) in [7, 11) is 0. The first-order valence-corrected chi connectivity index (χ1v) is 8.64. The topological polar surface area (TPSA) is 56.8 Å². The number of fused-ring (bicyclic) bond motifs is 3. The van der Waals surface area contributed by atoms with E-state index in [0.717, 1.165) is 41.9 Å². The van der Waals surface area contributed by atoms with E-state index < -0.39 is 0 Å². The monoisotopic (exact) mass is 360 g/mol. The number of benzene rings is 2. The summed E-state index contributed by atoms with van der Waals surface area (Å²) in [5, 5.41) is 0. The number of nitrogens with two attached hydrogens (primary N) is 1. The molecule has 1 unspecified atom stereocenters. The lowest BCUT2D eigenvalue weighted by Crippen LogP contribution is -3.11. The highest BCUT2D eigenvalue weighted by molar-refractivity contribution is 5.94. The van der Waals surface area contributed by atoms with Gasteiger partial charge in [0.15, 0.2) is 0 Å². The first-order chi connectivity index (χ1) is 11.7. The molecule has 0 aliphatic heterocycles. The van der Waals surface area contributed by atoms with Crippen LogP contribution in [0.4, 0.5) is 5.69 Å². The molecule has 0 saturated carbocycles. The molecule has 0 aromatic heterocycles. The Morgan fingerprint density at radius 1 is 1.08 bits per heavy atom. The normalized spacial score (nSPS) is 14.6. The Bertz CT molecular complexity index is 744. The summed E-state index contributed by atoms with van der Waals surface area (Å²) >= 11 is 0. The molecule has 0 amide bonds. The summed E-state index contributed by atoms with van der Waals surface area (Å²) in [5.41, 5.74) is 10.8. The average molecular weight is 361 g/mol. The van der Waals surface area contributed by atoms with E-state index in [-0.39, 0.29) is 24.3 Å². The van der Waals surface area contributed by atoms with Gasteiger partial charge >= 0.3 is 5.97 Å². The predicted octanol–water partition coefficient (Wildman–Crippen LogP) is -1.15. The quantitative estimate of drug-likeness (QED) is 0.505. The molecule has 0 spiro atoms. The molecule has 134 valence electrons. The van der Waals surface area contributed by atoms with Crippen molar-refractivity contribution in [1.82, 2.24) is 0 Å². The Kier molecular flexibility index (Phi) is 6.45. The minimum Gasteiger partial charge on any atom is -1.00 e. The highest BCUT2D eigenvalue weighted by atomic mass is 35.5. The molecule has 0 saturated heterocycles. The molecule has 2 aromatic rings. The van der Waals surface area contributed by atoms with E-state index in [4.69, 9.17) is 10.5 Å². The Hall–Kier alpha value is -2.04. The Balaban J connectivity index is 0.00000225. The van der Waals surface area contributed by atoms with Crippen LogP contribution in [-0.2, 0) is 9.53 Å². The third-order valence-corrected chi connectivity index (χ3v) is 4.88. The number of esters is 1. The molecule has 1 aliphatic rings. The number of likely N-dealkylation sites (N-methyl/N-ethyl adjacent to an activating group) is 1. The second-order valence-electron chi connectivity index (χ2n) is 6.24. The van der Waals surface area contributed by atoms with Crippen LogP contribution in [-0.4, -0.2) is 32.2 Å². The van der Waals surface area contributed by atoms with E-state index in [0.29, 0.717) is 12.3 Å². The van der Waals surface area contributed by atoms with Gasteiger partial charge in [-0.2, -0.15) is 0 Å². The number of quaternary nitrogens is 1. The molecule has 0 bridgehead atoms. The number of halogens is 1. The molecule has 4 nitrogen and oxygen atoms in total. The zero-order chi connectivity index (χ0) is 17.1. The van der Waals surface area contributed by atoms with Crippen molar-refractivity contribution in [2.45, 2.75) is 19.8 Å². The van der Waals surface area contributed by atoms with E-state index >= 15 is 0 Å². The second kappa shape index (κ2) is 8.37. The predicted molar refractivity (Wildman–Crippen MR) is 96.0 cm³/mol. The van der Waals surface area contributed by atoms with Crippen LogP contribution in [0.15, 0.2) is 42.5 Å². The molecule has 0 heterocycles. The number of nitrogen functional groups attached to an aromatic ring is 1. The first-order valence-electron chi connectivity index (χ1n) is 8.64. The molecule has 3 rings (SSSR count). The van der Waals surface area contributed by atoms with Crippen molar-refractivity contribution in [3.05, 3.63) is 53.6 Å². The lowest BCUT2D eigenvalue weighted by molar-refractivity contribution is -0.896. The second-order valence-corrected chi connectivity index (χ2v) is 6.24. The van der Waals surface area contributed by atoms with Crippen LogP contribution in [0.5, 0.6) is 0 Å². The Labute approximate surface area is 155 Å². The lowest BCUT2D eigenvalue weighted by Gasteiger charge is -2.17. The minimum absolute atomic E-state index is 0. The van der Waals surface area contributed by atoms with Gasteiger partial charge in [-0.1, -0.05) is 30.3 Å². The number of rotatable bonds is 6. The van der Waals surface area contributed by atoms with Crippen molar-refractivity contribution < 1.29 is 26.8 Å². The van der Waals surface area contributed by atoms with Gasteiger partial charge in [-0.25, -0.2) is 0 Å². The molecular weight excluding hydrogens is 336 g/mol. The molecular formula is C20H25ClN2O2. The summed E-state index contributed by atoms with van der Waals surface area (Å²) in [4.78, 5) is 14.2. The van der Waals surface area contributed by atoms with Crippen LogP contribution >= 0.6 is 0 Å². The van der Waals surface area contributed by atoms with Gasteiger partial charge in [0.2, 0.25) is 0 Å². The molecule has 1 aliphatic carbocycles. The number of hydrogen-bond donors (Lipinski definition) is 2. The number of carbonyl (C=O) groups is 1. The van der Waals surface area contributed by atoms with Crippen molar-refractivity contribution in [3.8, 4) is 11.1 Å². The van der Waals surface area contributed by atoms with Gasteiger partial charge in [0.25, 0.3) is 0 Å². The summed E-state index contributed by atoms with van der Waals surface area (Å²) in [6, 6.07) is 13.8. The van der Waals surface area contributed by atoms with Gasteiger partial charge in [0.1, 0.15) is 19.1 Å². The summed E-state index contributed by atoms with van der Waals surface area (Å²) in [5.74, 6) is -0.551. The standard InChI is InChI=1S/C20H24N2O2.ClH/c1-3-22(4-2)11-12-24-20(23)19-17-8-6-5-7-15(17)16-10-9-14(21)13-18(16)19;/h5-10,13,19H,3-4,11-12,21H2,1-2H3;1H. The average Bonchev–Trinajstić information content (AvgIpc) is 2.92. The molecule has 5 heteroatoms. The SMILES string of the molecule is CC[NH+](CC)CCOC(=O)C1c2ccccc2-c2ccc(N)cc21.[Cl-]. The van der Waals surface area contributed by atoms with Gasteiger partial charge in [-0.05, 0) is 48.2 Å². The van der Waals surface area contributed by atoms with Crippen LogP contribution in [0.1, 0.15) is 30.9 Å². The van der Waals surface area contributed by atoms with Crippen LogP contribution in [0, 0.1) is 0 Å². The number of ether oxygens (including phenoxy) is 1. The highest BCUT2D eigenvalue weighted by Gasteiger charge is 2.35. The van der Waals surface area contributed by atoms with Crippen LogP contribution in [0.2, 0.25) is 0 Å². The van der Waals surface area contributed by atoms with E-state index in [1.54, 1.807) is 0 Å². The largest absolute Gasteiger partial charge is 1.00 e. The third-order valence-electron chi connectivity index (χ3n) is 4.88. The number of carbonyl (C=O) groups excluding carboxylic acids is 1. The van der Waals surface area contributed by atoms with Gasteiger partial charge < -0.3 is 27.8 Å². The highest BCUT2D eigenvalue weighted by Crippen LogP contribution is 2.45. The zero-order valence-corrected chi connectivity index (χ0v) is 15.5. The van der Waals surface area contributed by atoms with Crippen molar-refractivity contribution in [2.75, 3.05) is 32.0 Å². The van der Waals surface area contributed by atoms with Crippen molar-refractivity contribution in [3.63, 3.8) is 0 Å². The maximum atomic E-state index is 12.8. The zero-order valence-electron chi connectivity index (χ0n) is 14.7. The first kappa shape index (κ1) is 19.3. The van der Waals surface area contributed by atoms with Gasteiger partial charge in [0, 0.05) is 5.69 Å². The Morgan fingerprint density at radius 2 is 1.76 bits per heavy atom. The lowest BCUT2D eigenvalue weighted by atomic mass is 9.97. The third kappa shape index (κ3) is 3.80. The maximum absolute atomic E-state index is 12.8. The smallest absolute Gasteiger partial charge is 0.318 e. The molecule has 1 atom stereocenters. The van der Waals surface area contributed by atoms with E-state index in [1.165, 1.54) is 4.90 Å². The molecule has 3 N–H and O–H groups in total. The van der Waals surface area contributed by atoms with Crippen molar-refractivity contribution in [2.24, 2.45) is 0 Å². The molecule has 0 radical (unpaired) electrons. The van der Waals surface area contributed by atoms with Gasteiger partial charge in [0.05, 0.1) is 13.1 Å². The van der Waals surface area contributed by atoms with Crippen LogP contribution in [0.25, 0.3) is 11.1 Å². The fourth-order valence-electron chi connectivity index (χ4n) is 3.46. The van der Waals surface area contributed by atoms with Crippen molar-refractivity contribution in [1.29, 1.82) is 0 Å². The number of nitrogens with one attached hydrogen (secondary N) is 1. The Morgan fingerprint density at radius 3 is 2.48 bits per heavy atom. The molecule has 0 fully saturated rings. The fraction of sp³-hybridized carbons (Fsp3) is 0.350. The number of hydrogen-bond acceptors (Lipinski definition) is 3. The fourth-order valence-corrected chi connectivity index (χ4v) is 3.46. The summed E-state index contributed by atoms with van der Waals surface area (Å²) in [6.45, 7) is 7.67. The maximum Gasteiger partial charge on any atom is 0.318 e. The van der Waals surface area contributed by atoms with Crippen LogP contribution < -0.4 is 23.0 Å². The van der Waals surface area contributed by atoms with Gasteiger partial charge in [-0.3, -0.25) is 4.79 Å². The summed E-state index contributed by atoms with van der Waals surface area (Å²) < 4.78 is 5.61. The van der Waals surface area contributed by atoms with E-state index in [9.17, 15) is 4.79 Å². The number of anilines is 1. The van der Waals surface area contributed by atoms with E-state index in [1.807, 2.05) is 36.4 Å². The van der Waals surface area contributed by atoms with Crippen molar-refractivity contribution >= 4 is 11.7 Å². The van der Waals surface area contributed by atoms with Crippen LogP contribution in [0.3, 0.4) is 0 Å².